The molecule has 5 heteroatoms. The number of guanidine groups is 1. The van der Waals surface area contributed by atoms with Crippen LogP contribution in [-0.2, 0) is 13.1 Å². The Morgan fingerprint density at radius 3 is 2.23 bits per heavy atom. The summed E-state index contributed by atoms with van der Waals surface area (Å²) in [5.74, 6) is 0.845. The number of benzene rings is 1. The molecule has 1 heterocycles. The Morgan fingerprint density at radius 2 is 1.62 bits per heavy atom. The number of nitrogens with zero attached hydrogens (tertiary/aromatic N) is 2. The third-order valence-electron chi connectivity index (χ3n) is 4.63. The minimum Gasteiger partial charge on any atom is -0.355 e. The van der Waals surface area contributed by atoms with Gasteiger partial charge < -0.3 is 16.0 Å². The van der Waals surface area contributed by atoms with Crippen LogP contribution in [-0.4, -0.2) is 49.6 Å². The van der Waals surface area contributed by atoms with Crippen LogP contribution in [0.4, 0.5) is 0 Å². The van der Waals surface area contributed by atoms with Crippen molar-refractivity contribution in [3.8, 4) is 0 Å². The van der Waals surface area contributed by atoms with E-state index in [1.54, 1.807) is 0 Å². The lowest BCUT2D eigenvalue weighted by Crippen LogP contribution is -2.44. The quantitative estimate of drug-likeness (QED) is 0.398. The minimum absolute atomic E-state index is 0.147. The molecule has 1 aromatic carbocycles. The molecule has 2 rings (SSSR count). The Hall–Kier alpha value is -1.59. The van der Waals surface area contributed by atoms with E-state index in [0.29, 0.717) is 0 Å². The van der Waals surface area contributed by atoms with E-state index in [1.807, 2.05) is 7.05 Å². The fraction of sp³-hybridized carbons (Fsp3) is 0.667. The zero-order valence-corrected chi connectivity index (χ0v) is 17.1. The van der Waals surface area contributed by atoms with Crippen LogP contribution in [0.5, 0.6) is 0 Å². The maximum Gasteiger partial charge on any atom is 0.191 e. The number of nitrogens with one attached hydrogen (secondary N) is 3. The van der Waals surface area contributed by atoms with Gasteiger partial charge in [-0.2, -0.15) is 0 Å². The highest BCUT2D eigenvalue weighted by atomic mass is 15.2. The van der Waals surface area contributed by atoms with E-state index in [9.17, 15) is 0 Å². The Kier molecular flexibility index (Phi) is 8.39. The average Bonchev–Trinajstić information content (AvgIpc) is 2.62. The molecule has 0 spiro atoms. The standard InChI is InChI=1S/C21H37N5/c1-21(2,3)25-13-12-23-20(22-4)24-16-18-8-10-19(11-9-18)17-26-14-6-5-7-15-26/h8-11,25H,5-7,12-17H2,1-4H3,(H2,22,23,24). The van der Waals surface area contributed by atoms with Crippen LogP contribution in [0.2, 0.25) is 0 Å². The van der Waals surface area contributed by atoms with Gasteiger partial charge in [0.25, 0.3) is 0 Å². The van der Waals surface area contributed by atoms with Crippen LogP contribution in [0, 0.1) is 0 Å². The third-order valence-corrected chi connectivity index (χ3v) is 4.63. The van der Waals surface area contributed by atoms with Gasteiger partial charge in [0.1, 0.15) is 0 Å². The highest BCUT2D eigenvalue weighted by Gasteiger charge is 2.10. The lowest BCUT2D eigenvalue weighted by molar-refractivity contribution is 0.221. The minimum atomic E-state index is 0.147. The Morgan fingerprint density at radius 1 is 0.962 bits per heavy atom. The number of likely N-dealkylation sites (tertiary alicyclic amines) is 1. The van der Waals surface area contributed by atoms with Crippen molar-refractivity contribution in [3.63, 3.8) is 0 Å². The molecule has 26 heavy (non-hydrogen) atoms. The summed E-state index contributed by atoms with van der Waals surface area (Å²) < 4.78 is 0. The molecule has 0 amide bonds. The van der Waals surface area contributed by atoms with E-state index in [1.165, 1.54) is 43.5 Å². The van der Waals surface area contributed by atoms with Crippen molar-refractivity contribution in [3.05, 3.63) is 35.4 Å². The Labute approximate surface area is 159 Å². The molecule has 0 unspecified atom stereocenters. The van der Waals surface area contributed by atoms with E-state index < -0.39 is 0 Å². The fourth-order valence-corrected chi connectivity index (χ4v) is 3.16. The first kappa shape index (κ1) is 20.7. The maximum atomic E-state index is 4.29. The number of rotatable bonds is 7. The molecule has 0 atom stereocenters. The van der Waals surface area contributed by atoms with Gasteiger partial charge in [0.2, 0.25) is 0 Å². The van der Waals surface area contributed by atoms with Gasteiger partial charge in [-0.25, -0.2) is 0 Å². The summed E-state index contributed by atoms with van der Waals surface area (Å²) in [5.41, 5.74) is 2.84. The van der Waals surface area contributed by atoms with Gasteiger partial charge in [0.05, 0.1) is 0 Å². The van der Waals surface area contributed by atoms with Gasteiger partial charge >= 0.3 is 0 Å². The van der Waals surface area contributed by atoms with Crippen molar-refractivity contribution in [2.45, 2.75) is 58.7 Å². The summed E-state index contributed by atoms with van der Waals surface area (Å²) in [7, 11) is 1.81. The van der Waals surface area contributed by atoms with Crippen LogP contribution in [0.15, 0.2) is 29.3 Å². The molecule has 5 nitrogen and oxygen atoms in total. The van der Waals surface area contributed by atoms with Crippen LogP contribution >= 0.6 is 0 Å². The molecule has 0 bridgehead atoms. The van der Waals surface area contributed by atoms with Crippen molar-refractivity contribution in [2.24, 2.45) is 4.99 Å². The molecule has 146 valence electrons. The molecule has 0 aliphatic carbocycles. The fourth-order valence-electron chi connectivity index (χ4n) is 3.16. The first-order valence-corrected chi connectivity index (χ1v) is 9.96. The zero-order chi connectivity index (χ0) is 18.8. The van der Waals surface area contributed by atoms with E-state index in [-0.39, 0.29) is 5.54 Å². The second-order valence-corrected chi connectivity index (χ2v) is 8.18. The van der Waals surface area contributed by atoms with Crippen molar-refractivity contribution in [1.29, 1.82) is 0 Å². The highest BCUT2D eigenvalue weighted by molar-refractivity contribution is 5.79. The van der Waals surface area contributed by atoms with Crippen LogP contribution < -0.4 is 16.0 Å². The molecule has 1 aromatic rings. The first-order valence-electron chi connectivity index (χ1n) is 9.96. The Balaban J connectivity index is 1.70. The first-order chi connectivity index (χ1) is 12.5. The Bertz CT molecular complexity index is 539. The summed E-state index contributed by atoms with van der Waals surface area (Å²) in [6.45, 7) is 12.7. The van der Waals surface area contributed by atoms with Crippen molar-refractivity contribution in [1.82, 2.24) is 20.9 Å². The van der Waals surface area contributed by atoms with Crippen molar-refractivity contribution >= 4 is 5.96 Å². The molecule has 1 aliphatic heterocycles. The number of hydrogen-bond acceptors (Lipinski definition) is 3. The van der Waals surface area contributed by atoms with Gasteiger partial charge in [0.15, 0.2) is 5.96 Å². The molecule has 1 aliphatic rings. The van der Waals surface area contributed by atoms with E-state index in [0.717, 1.165) is 32.1 Å². The predicted molar refractivity (Wildman–Crippen MR) is 112 cm³/mol. The largest absolute Gasteiger partial charge is 0.355 e. The zero-order valence-electron chi connectivity index (χ0n) is 17.1. The lowest BCUT2D eigenvalue weighted by atomic mass is 10.1. The van der Waals surface area contributed by atoms with Crippen LogP contribution in [0.1, 0.15) is 51.2 Å². The summed E-state index contributed by atoms with van der Waals surface area (Å²) in [6, 6.07) is 8.96. The number of hydrogen-bond donors (Lipinski definition) is 3. The van der Waals surface area contributed by atoms with Gasteiger partial charge in [-0.3, -0.25) is 9.89 Å². The average molecular weight is 360 g/mol. The molecular weight excluding hydrogens is 322 g/mol. The van der Waals surface area contributed by atoms with E-state index >= 15 is 0 Å². The summed E-state index contributed by atoms with van der Waals surface area (Å²) >= 11 is 0. The van der Waals surface area contributed by atoms with Gasteiger partial charge in [0, 0.05) is 38.8 Å². The topological polar surface area (TPSA) is 51.7 Å². The third kappa shape index (κ3) is 8.19. The van der Waals surface area contributed by atoms with Crippen LogP contribution in [0.3, 0.4) is 0 Å². The summed E-state index contributed by atoms with van der Waals surface area (Å²) in [6.07, 6.45) is 4.08. The second kappa shape index (κ2) is 10.5. The molecule has 3 N–H and O–H groups in total. The summed E-state index contributed by atoms with van der Waals surface area (Å²) in [5, 5.41) is 10.2. The van der Waals surface area contributed by atoms with E-state index in [4.69, 9.17) is 0 Å². The SMILES string of the molecule is CN=C(NCCNC(C)(C)C)NCc1ccc(CN2CCCCC2)cc1. The molecular formula is C21H37N5. The number of piperidine rings is 1. The summed E-state index contributed by atoms with van der Waals surface area (Å²) in [4.78, 5) is 6.86. The van der Waals surface area contributed by atoms with Crippen LogP contribution in [0.25, 0.3) is 0 Å². The molecule has 0 aromatic heterocycles. The molecule has 1 saturated heterocycles. The van der Waals surface area contributed by atoms with E-state index in [2.05, 4.69) is 70.9 Å². The second-order valence-electron chi connectivity index (χ2n) is 8.18. The molecule has 0 radical (unpaired) electrons. The molecule has 0 saturated carbocycles. The monoisotopic (exact) mass is 359 g/mol. The lowest BCUT2D eigenvalue weighted by Gasteiger charge is -2.26. The van der Waals surface area contributed by atoms with Gasteiger partial charge in [-0.1, -0.05) is 30.7 Å². The van der Waals surface area contributed by atoms with Gasteiger partial charge in [-0.05, 0) is 57.8 Å². The van der Waals surface area contributed by atoms with Crippen molar-refractivity contribution in [2.75, 3.05) is 33.2 Å². The predicted octanol–water partition coefficient (Wildman–Crippen LogP) is 2.73. The number of aliphatic imine (C=N–C) groups is 1. The van der Waals surface area contributed by atoms with Crippen molar-refractivity contribution < 1.29 is 0 Å². The smallest absolute Gasteiger partial charge is 0.191 e. The van der Waals surface area contributed by atoms with Gasteiger partial charge in [-0.15, -0.1) is 0 Å². The molecule has 1 fully saturated rings. The normalized spacial score (nSPS) is 16.5. The maximum absolute atomic E-state index is 4.29. The highest BCUT2D eigenvalue weighted by Crippen LogP contribution is 2.13.